The number of halogens is 1. The van der Waals surface area contributed by atoms with E-state index in [1.165, 1.54) is 12.1 Å². The predicted molar refractivity (Wildman–Crippen MR) is 107 cm³/mol. The average molecular weight is 387 g/mol. The SMILES string of the molecule is CCc1nc(C)c(C(=O)N2CCCN(Cc3ccc(F)cc3)[C@@H](C(C)C)C2)o1. The second-order valence-electron chi connectivity index (χ2n) is 7.89. The van der Waals surface area contributed by atoms with Gasteiger partial charge in [-0.25, -0.2) is 9.37 Å². The zero-order valence-electron chi connectivity index (χ0n) is 17.2. The van der Waals surface area contributed by atoms with Crippen molar-refractivity contribution in [3.8, 4) is 0 Å². The molecule has 0 aliphatic carbocycles. The third-order valence-electron chi connectivity index (χ3n) is 5.44. The molecule has 1 aliphatic rings. The Balaban J connectivity index is 1.77. The molecule has 2 heterocycles. The van der Waals surface area contributed by atoms with Crippen molar-refractivity contribution in [2.24, 2.45) is 5.92 Å². The lowest BCUT2D eigenvalue weighted by molar-refractivity contribution is 0.0669. The number of hydrogen-bond acceptors (Lipinski definition) is 4. The Bertz CT molecular complexity index is 801. The van der Waals surface area contributed by atoms with E-state index in [0.717, 1.165) is 25.1 Å². The minimum absolute atomic E-state index is 0.0704. The van der Waals surface area contributed by atoms with Crippen molar-refractivity contribution >= 4 is 5.91 Å². The normalized spacial score (nSPS) is 18.5. The number of carbonyl (C=O) groups is 1. The van der Waals surface area contributed by atoms with E-state index in [1.807, 2.05) is 30.9 Å². The summed E-state index contributed by atoms with van der Waals surface area (Å²) in [5, 5.41) is 0. The van der Waals surface area contributed by atoms with Crippen molar-refractivity contribution in [1.29, 1.82) is 0 Å². The van der Waals surface area contributed by atoms with E-state index < -0.39 is 0 Å². The molecule has 1 aromatic carbocycles. The van der Waals surface area contributed by atoms with Crippen molar-refractivity contribution < 1.29 is 13.6 Å². The first kappa shape index (κ1) is 20.5. The van der Waals surface area contributed by atoms with Gasteiger partial charge in [0.1, 0.15) is 5.82 Å². The molecule has 3 rings (SSSR count). The van der Waals surface area contributed by atoms with Crippen LogP contribution in [0.5, 0.6) is 0 Å². The van der Waals surface area contributed by atoms with Crippen molar-refractivity contribution in [3.05, 3.63) is 53.0 Å². The van der Waals surface area contributed by atoms with Crippen LogP contribution in [0.2, 0.25) is 0 Å². The lowest BCUT2D eigenvalue weighted by atomic mass is 10.0. The third kappa shape index (κ3) is 4.61. The van der Waals surface area contributed by atoms with Crippen LogP contribution < -0.4 is 0 Å². The predicted octanol–water partition coefficient (Wildman–Crippen LogP) is 4.06. The van der Waals surface area contributed by atoms with E-state index in [4.69, 9.17) is 4.42 Å². The number of hydrogen-bond donors (Lipinski definition) is 0. The number of nitrogens with zero attached hydrogens (tertiary/aromatic N) is 3. The summed E-state index contributed by atoms with van der Waals surface area (Å²) in [7, 11) is 0. The molecule has 1 fully saturated rings. The van der Waals surface area contributed by atoms with E-state index in [1.54, 1.807) is 0 Å². The maximum absolute atomic E-state index is 13.2. The Morgan fingerprint density at radius 2 is 2.00 bits per heavy atom. The molecule has 0 N–H and O–H groups in total. The number of amides is 1. The van der Waals surface area contributed by atoms with Crippen LogP contribution in [0, 0.1) is 18.7 Å². The molecule has 1 aromatic heterocycles. The molecule has 0 saturated carbocycles. The van der Waals surface area contributed by atoms with Crippen LogP contribution in [0.25, 0.3) is 0 Å². The quantitative estimate of drug-likeness (QED) is 0.776. The molecular formula is C22H30FN3O2. The molecular weight excluding hydrogens is 357 g/mol. The fourth-order valence-corrected chi connectivity index (χ4v) is 3.85. The molecule has 0 spiro atoms. The first-order valence-corrected chi connectivity index (χ1v) is 10.1. The molecule has 1 atom stereocenters. The number of aromatic nitrogens is 1. The summed E-state index contributed by atoms with van der Waals surface area (Å²) in [4.78, 5) is 21.8. The van der Waals surface area contributed by atoms with Gasteiger partial charge in [0.05, 0.1) is 5.69 Å². The fraction of sp³-hybridized carbons (Fsp3) is 0.545. The summed E-state index contributed by atoms with van der Waals surface area (Å²) in [5.74, 6) is 1.07. The fourth-order valence-electron chi connectivity index (χ4n) is 3.85. The highest BCUT2D eigenvalue weighted by molar-refractivity contribution is 5.92. The smallest absolute Gasteiger partial charge is 0.291 e. The van der Waals surface area contributed by atoms with Crippen LogP contribution in [0.15, 0.2) is 28.7 Å². The van der Waals surface area contributed by atoms with Gasteiger partial charge in [0.2, 0.25) is 5.76 Å². The summed E-state index contributed by atoms with van der Waals surface area (Å²) in [5.41, 5.74) is 1.75. The first-order chi connectivity index (χ1) is 13.4. The summed E-state index contributed by atoms with van der Waals surface area (Å²) >= 11 is 0. The topological polar surface area (TPSA) is 49.6 Å². The van der Waals surface area contributed by atoms with E-state index in [9.17, 15) is 9.18 Å². The van der Waals surface area contributed by atoms with Gasteiger partial charge in [0.15, 0.2) is 5.89 Å². The van der Waals surface area contributed by atoms with Gasteiger partial charge in [-0.15, -0.1) is 0 Å². The zero-order valence-corrected chi connectivity index (χ0v) is 17.2. The van der Waals surface area contributed by atoms with E-state index in [-0.39, 0.29) is 17.8 Å². The number of rotatable bonds is 5. The highest BCUT2D eigenvalue weighted by Gasteiger charge is 2.32. The van der Waals surface area contributed by atoms with Gasteiger partial charge in [0.25, 0.3) is 5.91 Å². The van der Waals surface area contributed by atoms with Crippen LogP contribution in [0.3, 0.4) is 0 Å². The van der Waals surface area contributed by atoms with E-state index in [2.05, 4.69) is 23.7 Å². The summed E-state index contributed by atoms with van der Waals surface area (Å²) in [6, 6.07) is 6.91. The van der Waals surface area contributed by atoms with Crippen LogP contribution in [0.1, 0.15) is 54.9 Å². The maximum atomic E-state index is 13.2. The molecule has 0 radical (unpaired) electrons. The second kappa shape index (κ2) is 8.86. The van der Waals surface area contributed by atoms with Crippen molar-refractivity contribution in [2.45, 2.75) is 53.1 Å². The van der Waals surface area contributed by atoms with Gasteiger partial charge >= 0.3 is 0 Å². The average Bonchev–Trinajstić information content (AvgIpc) is 2.92. The number of benzene rings is 1. The van der Waals surface area contributed by atoms with Crippen LogP contribution in [-0.4, -0.2) is 46.4 Å². The number of oxazole rings is 1. The summed E-state index contributed by atoms with van der Waals surface area (Å²) in [6.45, 7) is 11.2. The molecule has 0 unspecified atom stereocenters. The lowest BCUT2D eigenvalue weighted by Crippen LogP contribution is -2.45. The van der Waals surface area contributed by atoms with E-state index in [0.29, 0.717) is 42.8 Å². The van der Waals surface area contributed by atoms with Gasteiger partial charge < -0.3 is 9.32 Å². The van der Waals surface area contributed by atoms with Gasteiger partial charge in [0, 0.05) is 38.6 Å². The maximum Gasteiger partial charge on any atom is 0.291 e. The van der Waals surface area contributed by atoms with Crippen molar-refractivity contribution in [1.82, 2.24) is 14.8 Å². The second-order valence-corrected chi connectivity index (χ2v) is 7.89. The molecule has 28 heavy (non-hydrogen) atoms. The zero-order chi connectivity index (χ0) is 20.3. The van der Waals surface area contributed by atoms with E-state index >= 15 is 0 Å². The van der Waals surface area contributed by atoms with Crippen LogP contribution in [0.4, 0.5) is 4.39 Å². The standard InChI is InChI=1S/C22H30FN3O2/c1-5-20-24-16(4)21(28-20)22(27)26-12-6-11-25(19(14-26)15(2)3)13-17-7-9-18(23)10-8-17/h7-10,15,19H,5-6,11-14H2,1-4H3/t19-/m1/s1. The van der Waals surface area contributed by atoms with Crippen LogP contribution in [-0.2, 0) is 13.0 Å². The van der Waals surface area contributed by atoms with Gasteiger partial charge in [-0.3, -0.25) is 9.69 Å². The molecule has 5 nitrogen and oxygen atoms in total. The van der Waals surface area contributed by atoms with Crippen molar-refractivity contribution in [2.75, 3.05) is 19.6 Å². The Kier molecular flexibility index (Phi) is 6.50. The lowest BCUT2D eigenvalue weighted by Gasteiger charge is -2.34. The Morgan fingerprint density at radius 3 is 2.61 bits per heavy atom. The highest BCUT2D eigenvalue weighted by atomic mass is 19.1. The first-order valence-electron chi connectivity index (χ1n) is 10.1. The Labute approximate surface area is 166 Å². The number of carbonyl (C=O) groups excluding carboxylic acids is 1. The van der Waals surface area contributed by atoms with Gasteiger partial charge in [-0.1, -0.05) is 32.9 Å². The third-order valence-corrected chi connectivity index (χ3v) is 5.44. The number of aryl methyl sites for hydroxylation is 2. The molecule has 1 saturated heterocycles. The monoisotopic (exact) mass is 387 g/mol. The summed E-state index contributed by atoms with van der Waals surface area (Å²) < 4.78 is 18.9. The molecule has 0 bridgehead atoms. The Hall–Kier alpha value is -2.21. The highest BCUT2D eigenvalue weighted by Crippen LogP contribution is 2.22. The molecule has 1 aliphatic heterocycles. The molecule has 2 aromatic rings. The van der Waals surface area contributed by atoms with Crippen LogP contribution >= 0.6 is 0 Å². The molecule has 6 heteroatoms. The summed E-state index contributed by atoms with van der Waals surface area (Å²) in [6.07, 6.45) is 1.57. The van der Waals surface area contributed by atoms with Crippen molar-refractivity contribution in [3.63, 3.8) is 0 Å². The minimum Gasteiger partial charge on any atom is -0.435 e. The molecule has 152 valence electrons. The minimum atomic E-state index is -0.217. The van der Waals surface area contributed by atoms with Gasteiger partial charge in [-0.05, 0) is 37.0 Å². The van der Waals surface area contributed by atoms with Gasteiger partial charge in [-0.2, -0.15) is 0 Å². The largest absolute Gasteiger partial charge is 0.435 e. The Morgan fingerprint density at radius 1 is 1.29 bits per heavy atom. The molecule has 1 amide bonds.